The largest absolute Gasteiger partial charge is 0.497 e. The summed E-state index contributed by atoms with van der Waals surface area (Å²) in [7, 11) is 1.62. The minimum atomic E-state index is -0.425. The van der Waals surface area contributed by atoms with Gasteiger partial charge in [0.1, 0.15) is 11.5 Å². The maximum absolute atomic E-state index is 12.8. The number of fused-ring (bicyclic) bond motifs is 3. The summed E-state index contributed by atoms with van der Waals surface area (Å²) >= 11 is 6.26. The van der Waals surface area contributed by atoms with Crippen LogP contribution in [0.5, 0.6) is 11.5 Å². The second kappa shape index (κ2) is 7.76. The maximum Gasteiger partial charge on any atom is 0.340 e. The Kier molecular flexibility index (Phi) is 5.16. The molecule has 0 spiro atoms. The number of hydrogen-bond donors (Lipinski definition) is 0. The molecule has 2 heterocycles. The summed E-state index contributed by atoms with van der Waals surface area (Å²) in [5.74, 6) is 1.00. The molecule has 1 unspecified atom stereocenters. The fourth-order valence-electron chi connectivity index (χ4n) is 3.58. The number of aromatic nitrogens is 1. The van der Waals surface area contributed by atoms with Gasteiger partial charge in [-0.3, -0.25) is 4.98 Å². The molecule has 5 nitrogen and oxygen atoms in total. The normalized spacial score (nSPS) is 14.4. The van der Waals surface area contributed by atoms with Crippen molar-refractivity contribution in [2.24, 2.45) is 0 Å². The Balaban J connectivity index is 1.96. The number of halogens is 1. The predicted molar refractivity (Wildman–Crippen MR) is 111 cm³/mol. The van der Waals surface area contributed by atoms with Crippen molar-refractivity contribution in [3.63, 3.8) is 0 Å². The van der Waals surface area contributed by atoms with E-state index in [-0.39, 0.29) is 6.61 Å². The van der Waals surface area contributed by atoms with Gasteiger partial charge in [0.2, 0.25) is 0 Å². The topological polar surface area (TPSA) is 57.7 Å². The van der Waals surface area contributed by atoms with Crippen molar-refractivity contribution in [2.45, 2.75) is 20.0 Å². The van der Waals surface area contributed by atoms with E-state index in [1.807, 2.05) is 36.4 Å². The van der Waals surface area contributed by atoms with E-state index in [0.29, 0.717) is 22.0 Å². The van der Waals surface area contributed by atoms with Crippen LogP contribution in [0.2, 0.25) is 5.02 Å². The van der Waals surface area contributed by atoms with Crippen LogP contribution in [0, 0.1) is 6.92 Å². The highest BCUT2D eigenvalue weighted by atomic mass is 35.5. The van der Waals surface area contributed by atoms with E-state index in [4.69, 9.17) is 25.8 Å². The Bertz CT molecular complexity index is 1080. The Morgan fingerprint density at radius 2 is 1.97 bits per heavy atom. The highest BCUT2D eigenvalue weighted by Gasteiger charge is 2.33. The number of pyridine rings is 1. The fourth-order valence-corrected chi connectivity index (χ4v) is 3.75. The number of methoxy groups -OCH3 is 1. The second-order valence-corrected chi connectivity index (χ2v) is 7.12. The standard InChI is InChI=1S/C23H20ClNO4/c1-4-28-23(26)20-13(2)25-12-18-21(20)17-11-15(24)7-10-19(17)29-22(18)14-5-8-16(27-3)9-6-14/h5-12,22H,4H2,1-3H3. The molecular weight excluding hydrogens is 390 g/mol. The monoisotopic (exact) mass is 409 g/mol. The van der Waals surface area contributed by atoms with Crippen LogP contribution in [0.25, 0.3) is 11.1 Å². The molecule has 0 saturated heterocycles. The van der Waals surface area contributed by atoms with Crippen molar-refractivity contribution in [3.8, 4) is 22.6 Å². The van der Waals surface area contributed by atoms with Gasteiger partial charge in [-0.15, -0.1) is 0 Å². The number of rotatable bonds is 4. The molecule has 29 heavy (non-hydrogen) atoms. The third kappa shape index (κ3) is 3.42. The van der Waals surface area contributed by atoms with Gasteiger partial charge in [0.15, 0.2) is 6.10 Å². The van der Waals surface area contributed by atoms with Crippen molar-refractivity contribution in [3.05, 3.63) is 76.1 Å². The van der Waals surface area contributed by atoms with Crippen molar-refractivity contribution < 1.29 is 19.0 Å². The van der Waals surface area contributed by atoms with Gasteiger partial charge in [0.25, 0.3) is 0 Å². The van der Waals surface area contributed by atoms with Crippen LogP contribution in [-0.2, 0) is 4.74 Å². The van der Waals surface area contributed by atoms with Gasteiger partial charge in [0.05, 0.1) is 25.0 Å². The number of benzene rings is 2. The van der Waals surface area contributed by atoms with Crippen LogP contribution in [0.1, 0.15) is 40.2 Å². The van der Waals surface area contributed by atoms with Crippen molar-refractivity contribution >= 4 is 17.6 Å². The third-order valence-electron chi connectivity index (χ3n) is 4.93. The highest BCUT2D eigenvalue weighted by molar-refractivity contribution is 6.31. The van der Waals surface area contributed by atoms with E-state index in [1.54, 1.807) is 33.2 Å². The van der Waals surface area contributed by atoms with E-state index in [0.717, 1.165) is 28.0 Å². The lowest BCUT2D eigenvalue weighted by atomic mass is 9.87. The Labute approximate surface area is 174 Å². The molecule has 148 valence electrons. The molecule has 1 aliphatic heterocycles. The molecule has 1 atom stereocenters. The van der Waals surface area contributed by atoms with Crippen LogP contribution < -0.4 is 9.47 Å². The highest BCUT2D eigenvalue weighted by Crippen LogP contribution is 2.47. The van der Waals surface area contributed by atoms with E-state index in [9.17, 15) is 4.79 Å². The van der Waals surface area contributed by atoms with Crippen LogP contribution in [0.4, 0.5) is 0 Å². The van der Waals surface area contributed by atoms with Gasteiger partial charge in [-0.2, -0.15) is 0 Å². The fraction of sp³-hybridized carbons (Fsp3) is 0.217. The summed E-state index contributed by atoms with van der Waals surface area (Å²) in [5, 5.41) is 0.561. The quantitative estimate of drug-likeness (QED) is 0.541. The van der Waals surface area contributed by atoms with E-state index in [2.05, 4.69) is 4.98 Å². The lowest BCUT2D eigenvalue weighted by Crippen LogP contribution is -2.20. The molecule has 0 aliphatic carbocycles. The zero-order valence-corrected chi connectivity index (χ0v) is 17.1. The summed E-state index contributed by atoms with van der Waals surface area (Å²) in [5.41, 5.74) is 4.26. The number of aryl methyl sites for hydroxylation is 1. The van der Waals surface area contributed by atoms with Crippen LogP contribution in [0.15, 0.2) is 48.7 Å². The number of ether oxygens (including phenoxy) is 3. The number of carbonyl (C=O) groups is 1. The second-order valence-electron chi connectivity index (χ2n) is 6.68. The molecule has 1 aromatic heterocycles. The van der Waals surface area contributed by atoms with Crippen molar-refractivity contribution in [1.82, 2.24) is 4.98 Å². The molecule has 4 rings (SSSR count). The zero-order chi connectivity index (χ0) is 20.5. The first-order valence-electron chi connectivity index (χ1n) is 9.30. The lowest BCUT2D eigenvalue weighted by molar-refractivity contribution is 0.0525. The van der Waals surface area contributed by atoms with Gasteiger partial charge >= 0.3 is 5.97 Å². The maximum atomic E-state index is 12.8. The molecule has 3 aromatic rings. The van der Waals surface area contributed by atoms with Crippen LogP contribution in [-0.4, -0.2) is 24.7 Å². The molecule has 1 aliphatic rings. The predicted octanol–water partition coefficient (Wildman–Crippen LogP) is 5.38. The molecule has 0 saturated carbocycles. The van der Waals surface area contributed by atoms with Crippen molar-refractivity contribution in [1.29, 1.82) is 0 Å². The number of esters is 1. The Morgan fingerprint density at radius 3 is 2.66 bits per heavy atom. The molecule has 0 fully saturated rings. The van der Waals surface area contributed by atoms with E-state index < -0.39 is 12.1 Å². The van der Waals surface area contributed by atoms with Crippen LogP contribution >= 0.6 is 11.6 Å². The van der Waals surface area contributed by atoms with Crippen LogP contribution in [0.3, 0.4) is 0 Å². The summed E-state index contributed by atoms with van der Waals surface area (Å²) in [4.78, 5) is 17.3. The average Bonchev–Trinajstić information content (AvgIpc) is 2.73. The molecule has 0 N–H and O–H groups in total. The smallest absolute Gasteiger partial charge is 0.340 e. The number of nitrogens with zero attached hydrogens (tertiary/aromatic N) is 1. The minimum absolute atomic E-state index is 0.281. The van der Waals surface area contributed by atoms with E-state index in [1.165, 1.54) is 0 Å². The van der Waals surface area contributed by atoms with Gasteiger partial charge < -0.3 is 14.2 Å². The number of carbonyl (C=O) groups excluding carboxylic acids is 1. The first kappa shape index (κ1) is 19.3. The third-order valence-corrected chi connectivity index (χ3v) is 5.17. The first-order chi connectivity index (χ1) is 14.0. The molecular formula is C23H20ClNO4. The lowest BCUT2D eigenvalue weighted by Gasteiger charge is -2.30. The SMILES string of the molecule is CCOC(=O)c1c(C)ncc2c1-c1cc(Cl)ccc1OC2c1ccc(OC)cc1. The van der Waals surface area contributed by atoms with Gasteiger partial charge in [0, 0.05) is 27.9 Å². The molecule has 6 heteroatoms. The van der Waals surface area contributed by atoms with Gasteiger partial charge in [-0.25, -0.2) is 4.79 Å². The van der Waals surface area contributed by atoms with E-state index >= 15 is 0 Å². The summed E-state index contributed by atoms with van der Waals surface area (Å²) < 4.78 is 16.9. The molecule has 0 amide bonds. The Hall–Kier alpha value is -3.05. The summed E-state index contributed by atoms with van der Waals surface area (Å²) in [6.07, 6.45) is 1.33. The first-order valence-corrected chi connectivity index (χ1v) is 9.68. The minimum Gasteiger partial charge on any atom is -0.497 e. The van der Waals surface area contributed by atoms with Crippen molar-refractivity contribution in [2.75, 3.05) is 13.7 Å². The molecule has 2 aromatic carbocycles. The molecule has 0 radical (unpaired) electrons. The number of hydrogen-bond acceptors (Lipinski definition) is 5. The zero-order valence-electron chi connectivity index (χ0n) is 16.4. The summed E-state index contributed by atoms with van der Waals surface area (Å²) in [6, 6.07) is 13.0. The summed E-state index contributed by atoms with van der Waals surface area (Å²) in [6.45, 7) is 3.86. The van der Waals surface area contributed by atoms with Gasteiger partial charge in [-0.1, -0.05) is 23.7 Å². The Morgan fingerprint density at radius 1 is 1.21 bits per heavy atom. The van der Waals surface area contributed by atoms with Gasteiger partial charge in [-0.05, 0) is 49.7 Å². The average molecular weight is 410 g/mol. The molecule has 0 bridgehead atoms.